The van der Waals surface area contributed by atoms with Crippen LogP contribution >= 0.6 is 11.8 Å². The number of carbonyl (C=O) groups is 1. The first-order valence-corrected chi connectivity index (χ1v) is 9.90. The summed E-state index contributed by atoms with van der Waals surface area (Å²) < 4.78 is 27.7. The molecule has 5 nitrogen and oxygen atoms in total. The summed E-state index contributed by atoms with van der Waals surface area (Å²) in [6.07, 6.45) is 0.406. The van der Waals surface area contributed by atoms with Gasteiger partial charge in [-0.1, -0.05) is 24.6 Å². The molecule has 0 bridgehead atoms. The second kappa shape index (κ2) is 6.49. The lowest BCUT2D eigenvalue weighted by Crippen LogP contribution is -2.15. The first-order chi connectivity index (χ1) is 11.3. The Morgan fingerprint density at radius 3 is 2.58 bits per heavy atom. The summed E-state index contributed by atoms with van der Waals surface area (Å²) in [5.41, 5.74) is 2.10. The molecule has 126 valence electrons. The van der Waals surface area contributed by atoms with Crippen LogP contribution in [0.25, 0.3) is 0 Å². The molecule has 1 heterocycles. The molecule has 1 amide bonds. The van der Waals surface area contributed by atoms with Crippen LogP contribution in [-0.4, -0.2) is 19.6 Å². The van der Waals surface area contributed by atoms with E-state index in [9.17, 15) is 13.2 Å². The van der Waals surface area contributed by atoms with Crippen molar-refractivity contribution in [3.05, 3.63) is 48.0 Å². The van der Waals surface area contributed by atoms with Crippen LogP contribution in [0.15, 0.2) is 52.3 Å². The molecule has 7 heteroatoms. The van der Waals surface area contributed by atoms with Gasteiger partial charge in [0.2, 0.25) is 5.91 Å². The maximum absolute atomic E-state index is 12.6. The number of carbonyl (C=O) groups excluding carboxylic acids is 1. The van der Waals surface area contributed by atoms with Crippen molar-refractivity contribution in [3.8, 4) is 0 Å². The SMILES string of the molecule is Cc1ccc(NS(=O)(=O)c2ccc3c(c2)NC(=O)C[C@@H](C)S3)cc1. The van der Waals surface area contributed by atoms with Gasteiger partial charge in [0.25, 0.3) is 10.0 Å². The average Bonchev–Trinajstić information content (AvgIpc) is 2.64. The molecular weight excluding hydrogens is 344 g/mol. The third kappa shape index (κ3) is 3.73. The highest BCUT2D eigenvalue weighted by Crippen LogP contribution is 2.36. The molecule has 0 fully saturated rings. The number of anilines is 2. The van der Waals surface area contributed by atoms with E-state index in [0.717, 1.165) is 10.5 Å². The van der Waals surface area contributed by atoms with Crippen molar-refractivity contribution in [3.63, 3.8) is 0 Å². The Morgan fingerprint density at radius 1 is 1.17 bits per heavy atom. The van der Waals surface area contributed by atoms with Gasteiger partial charge in [0, 0.05) is 22.3 Å². The lowest BCUT2D eigenvalue weighted by molar-refractivity contribution is -0.116. The van der Waals surface area contributed by atoms with Gasteiger partial charge >= 0.3 is 0 Å². The van der Waals surface area contributed by atoms with Crippen LogP contribution in [-0.2, 0) is 14.8 Å². The van der Waals surface area contributed by atoms with Gasteiger partial charge in [0.1, 0.15) is 0 Å². The third-order valence-corrected chi connectivity index (χ3v) is 6.20. The van der Waals surface area contributed by atoms with Crippen molar-refractivity contribution in [2.24, 2.45) is 0 Å². The van der Waals surface area contributed by atoms with E-state index in [4.69, 9.17) is 0 Å². The van der Waals surface area contributed by atoms with Crippen LogP contribution in [0, 0.1) is 6.92 Å². The summed E-state index contributed by atoms with van der Waals surface area (Å²) in [5, 5.41) is 2.94. The van der Waals surface area contributed by atoms with Crippen molar-refractivity contribution in [2.75, 3.05) is 10.0 Å². The average molecular weight is 362 g/mol. The van der Waals surface area contributed by atoms with Gasteiger partial charge in [-0.05, 0) is 37.3 Å². The van der Waals surface area contributed by atoms with Crippen molar-refractivity contribution >= 4 is 39.1 Å². The van der Waals surface area contributed by atoms with E-state index in [1.54, 1.807) is 36.0 Å². The molecular formula is C17H18N2O3S2. The summed E-state index contributed by atoms with van der Waals surface area (Å²) in [7, 11) is -3.71. The molecule has 0 unspecified atom stereocenters. The van der Waals surface area contributed by atoms with Gasteiger partial charge in [-0.2, -0.15) is 0 Å². The minimum absolute atomic E-state index is 0.102. The van der Waals surface area contributed by atoms with Crippen LogP contribution in [0.1, 0.15) is 18.9 Å². The molecule has 0 radical (unpaired) electrons. The Bertz CT molecular complexity index is 877. The molecule has 2 aromatic carbocycles. The molecule has 1 aliphatic heterocycles. The smallest absolute Gasteiger partial charge is 0.261 e. The standard InChI is InChI=1S/C17H18N2O3S2/c1-11-3-5-13(6-4-11)19-24(21,22)14-7-8-16-15(10-14)18-17(20)9-12(2)23-16/h3-8,10,12,19H,9H2,1-2H3,(H,18,20)/t12-/m1/s1. The van der Waals surface area contributed by atoms with E-state index in [0.29, 0.717) is 17.8 Å². The predicted molar refractivity (Wildman–Crippen MR) is 97.0 cm³/mol. The highest BCUT2D eigenvalue weighted by atomic mass is 32.2. The van der Waals surface area contributed by atoms with E-state index in [2.05, 4.69) is 10.0 Å². The number of thioether (sulfide) groups is 1. The van der Waals surface area contributed by atoms with Crippen molar-refractivity contribution in [1.82, 2.24) is 0 Å². The molecule has 0 saturated heterocycles. The fraction of sp³-hybridized carbons (Fsp3) is 0.235. The second-order valence-electron chi connectivity index (χ2n) is 5.81. The monoisotopic (exact) mass is 362 g/mol. The molecule has 1 atom stereocenters. The molecule has 0 spiro atoms. The van der Waals surface area contributed by atoms with Gasteiger partial charge in [0.05, 0.1) is 10.6 Å². The lowest BCUT2D eigenvalue weighted by atomic mass is 10.2. The van der Waals surface area contributed by atoms with Gasteiger partial charge in [-0.3, -0.25) is 9.52 Å². The van der Waals surface area contributed by atoms with E-state index < -0.39 is 10.0 Å². The predicted octanol–water partition coefficient (Wildman–Crippen LogP) is 3.62. The summed E-state index contributed by atoms with van der Waals surface area (Å²) in [4.78, 5) is 12.9. The number of nitrogens with one attached hydrogen (secondary N) is 2. The third-order valence-electron chi connectivity index (χ3n) is 3.64. The molecule has 24 heavy (non-hydrogen) atoms. The molecule has 3 rings (SSSR count). The molecule has 2 aromatic rings. The maximum Gasteiger partial charge on any atom is 0.261 e. The van der Waals surface area contributed by atoms with Gasteiger partial charge < -0.3 is 5.32 Å². The normalized spacial score (nSPS) is 17.6. The van der Waals surface area contributed by atoms with Gasteiger partial charge in [-0.25, -0.2) is 8.42 Å². The first-order valence-electron chi connectivity index (χ1n) is 7.53. The second-order valence-corrected chi connectivity index (χ2v) is 8.97. The molecule has 2 N–H and O–H groups in total. The fourth-order valence-electron chi connectivity index (χ4n) is 2.43. The number of amides is 1. The number of aryl methyl sites for hydroxylation is 1. The highest BCUT2D eigenvalue weighted by molar-refractivity contribution is 8.00. The topological polar surface area (TPSA) is 75.3 Å². The summed E-state index contributed by atoms with van der Waals surface area (Å²) in [6.45, 7) is 3.91. The fourth-order valence-corrected chi connectivity index (χ4v) is 4.57. The maximum atomic E-state index is 12.6. The van der Waals surface area contributed by atoms with Crippen LogP contribution in [0.5, 0.6) is 0 Å². The number of hydrogen-bond acceptors (Lipinski definition) is 4. The zero-order valence-corrected chi connectivity index (χ0v) is 15.0. The Morgan fingerprint density at radius 2 is 1.88 bits per heavy atom. The summed E-state index contributed by atoms with van der Waals surface area (Å²) >= 11 is 1.56. The number of sulfonamides is 1. The van der Waals surface area contributed by atoms with Crippen LogP contribution in [0.3, 0.4) is 0 Å². The Hall–Kier alpha value is -1.99. The van der Waals surface area contributed by atoms with Crippen molar-refractivity contribution < 1.29 is 13.2 Å². The van der Waals surface area contributed by atoms with E-state index in [1.165, 1.54) is 6.07 Å². The first kappa shape index (κ1) is 16.9. The molecule has 1 aliphatic rings. The number of rotatable bonds is 3. The van der Waals surface area contributed by atoms with E-state index >= 15 is 0 Å². The lowest BCUT2D eigenvalue weighted by Gasteiger charge is -2.12. The van der Waals surface area contributed by atoms with E-state index in [-0.39, 0.29) is 16.1 Å². The van der Waals surface area contributed by atoms with Crippen molar-refractivity contribution in [1.29, 1.82) is 0 Å². The molecule has 0 aromatic heterocycles. The Kier molecular flexibility index (Phi) is 4.56. The van der Waals surface area contributed by atoms with Crippen LogP contribution in [0.2, 0.25) is 0 Å². The summed E-state index contributed by atoms with van der Waals surface area (Å²) in [5.74, 6) is -0.102. The molecule has 0 aliphatic carbocycles. The zero-order valence-electron chi connectivity index (χ0n) is 13.4. The number of benzene rings is 2. The van der Waals surface area contributed by atoms with Crippen LogP contribution in [0.4, 0.5) is 11.4 Å². The minimum Gasteiger partial charge on any atom is -0.325 e. The van der Waals surface area contributed by atoms with Crippen molar-refractivity contribution in [2.45, 2.75) is 35.3 Å². The number of hydrogen-bond donors (Lipinski definition) is 2. The van der Waals surface area contributed by atoms with Gasteiger partial charge in [-0.15, -0.1) is 11.8 Å². The Balaban J connectivity index is 1.91. The Labute approximate surface area is 145 Å². The zero-order chi connectivity index (χ0) is 17.3. The molecule has 0 saturated carbocycles. The van der Waals surface area contributed by atoms with Gasteiger partial charge in [0.15, 0.2) is 0 Å². The summed E-state index contributed by atoms with van der Waals surface area (Å²) in [6, 6.07) is 11.9. The van der Waals surface area contributed by atoms with Crippen LogP contribution < -0.4 is 10.0 Å². The number of fused-ring (bicyclic) bond motifs is 1. The quantitative estimate of drug-likeness (QED) is 0.874. The highest BCUT2D eigenvalue weighted by Gasteiger charge is 2.22. The largest absolute Gasteiger partial charge is 0.325 e. The van der Waals surface area contributed by atoms with E-state index in [1.807, 2.05) is 26.0 Å². The minimum atomic E-state index is -3.71.